The predicted octanol–water partition coefficient (Wildman–Crippen LogP) is 2.50. The van der Waals surface area contributed by atoms with Crippen LogP contribution in [-0.4, -0.2) is 58.4 Å². The van der Waals surface area contributed by atoms with Crippen LogP contribution in [0, 0.1) is 0 Å². The van der Waals surface area contributed by atoms with Crippen molar-refractivity contribution in [2.75, 3.05) is 13.1 Å². The number of fused-ring (bicyclic) bond motifs is 2. The molecule has 1 heterocycles. The molecule has 0 spiro atoms. The van der Waals surface area contributed by atoms with Gasteiger partial charge in [0.15, 0.2) is 5.78 Å². The second kappa shape index (κ2) is 10.6. The van der Waals surface area contributed by atoms with E-state index in [2.05, 4.69) is 5.32 Å². The van der Waals surface area contributed by atoms with E-state index in [9.17, 15) is 29.1 Å². The predicted molar refractivity (Wildman–Crippen MR) is 134 cm³/mol. The zero-order valence-electron chi connectivity index (χ0n) is 20.2. The van der Waals surface area contributed by atoms with Gasteiger partial charge in [-0.1, -0.05) is 60.7 Å². The first-order valence-electron chi connectivity index (χ1n) is 11.8. The Morgan fingerprint density at radius 1 is 1.00 bits per heavy atom. The lowest BCUT2D eigenvalue weighted by Gasteiger charge is -2.33. The quantitative estimate of drug-likeness (QED) is 0.340. The van der Waals surface area contributed by atoms with Crippen LogP contribution in [0.4, 0.5) is 0 Å². The minimum atomic E-state index is -2.41. The van der Waals surface area contributed by atoms with Crippen molar-refractivity contribution in [3.8, 4) is 0 Å². The number of hydrogen-bond acceptors (Lipinski definition) is 6. The van der Waals surface area contributed by atoms with Gasteiger partial charge in [0.2, 0.25) is 5.91 Å². The number of carbonyl (C=O) groups excluding carboxylic acids is 4. The van der Waals surface area contributed by atoms with E-state index < -0.39 is 42.3 Å². The van der Waals surface area contributed by atoms with Gasteiger partial charge in [-0.15, -0.1) is 0 Å². The first-order chi connectivity index (χ1) is 17.7. The summed E-state index contributed by atoms with van der Waals surface area (Å²) in [6, 6.07) is 20.0. The number of ether oxygens (including phenoxy) is 1. The van der Waals surface area contributed by atoms with Crippen LogP contribution < -0.4 is 5.32 Å². The number of aliphatic carboxylic acids is 1. The van der Waals surface area contributed by atoms with Crippen molar-refractivity contribution in [3.05, 3.63) is 83.4 Å². The molecule has 2 N–H and O–H groups in total. The zero-order valence-corrected chi connectivity index (χ0v) is 20.2. The van der Waals surface area contributed by atoms with Gasteiger partial charge in [0, 0.05) is 19.0 Å². The van der Waals surface area contributed by atoms with Gasteiger partial charge < -0.3 is 20.1 Å². The number of esters is 1. The maximum atomic E-state index is 12.9. The van der Waals surface area contributed by atoms with E-state index >= 15 is 0 Å². The Kier molecular flexibility index (Phi) is 7.33. The Balaban J connectivity index is 1.49. The van der Waals surface area contributed by atoms with Crippen molar-refractivity contribution in [3.63, 3.8) is 0 Å². The number of carboxylic acids is 1. The summed E-state index contributed by atoms with van der Waals surface area (Å²) < 4.78 is 5.36. The van der Waals surface area contributed by atoms with Gasteiger partial charge in [0.05, 0.1) is 13.0 Å². The summed E-state index contributed by atoms with van der Waals surface area (Å²) in [5.74, 6) is -4.35. The lowest BCUT2D eigenvalue weighted by Crippen LogP contribution is -2.60. The number of nitrogens with zero attached hydrogens (tertiary/aromatic N) is 1. The van der Waals surface area contributed by atoms with Crippen LogP contribution in [0.5, 0.6) is 0 Å². The lowest BCUT2D eigenvalue weighted by molar-refractivity contribution is -0.176. The third-order valence-corrected chi connectivity index (χ3v) is 6.28. The molecule has 0 radical (unpaired) electrons. The smallest absolute Gasteiger partial charge is 0.312 e. The van der Waals surface area contributed by atoms with Crippen LogP contribution in [0.2, 0.25) is 0 Å². The van der Waals surface area contributed by atoms with Gasteiger partial charge in [-0.2, -0.15) is 0 Å². The first-order valence-corrected chi connectivity index (χ1v) is 11.8. The first kappa shape index (κ1) is 25.6. The maximum absolute atomic E-state index is 12.9. The molecule has 1 aliphatic rings. The normalized spacial score (nSPS) is 14.4. The van der Waals surface area contributed by atoms with Crippen LogP contribution in [0.3, 0.4) is 0 Å². The second-order valence-electron chi connectivity index (χ2n) is 8.97. The van der Waals surface area contributed by atoms with E-state index in [1.807, 2.05) is 42.5 Å². The SMILES string of the molecule is CC(=O)C(CC(=O)O)(NC(=O)CN1CCc2ccccc2C1=O)OC(=O)Cc1ccc2ccccc2c1. The van der Waals surface area contributed by atoms with Crippen LogP contribution in [0.1, 0.15) is 34.8 Å². The summed E-state index contributed by atoms with van der Waals surface area (Å²) >= 11 is 0. The Labute approximate surface area is 213 Å². The minimum Gasteiger partial charge on any atom is -0.481 e. The van der Waals surface area contributed by atoms with Crippen molar-refractivity contribution < 1.29 is 33.8 Å². The summed E-state index contributed by atoms with van der Waals surface area (Å²) in [6.45, 7) is 0.885. The van der Waals surface area contributed by atoms with E-state index in [0.717, 1.165) is 23.3 Å². The number of carboxylic acid groups (broad SMARTS) is 1. The molecule has 2 amide bonds. The molecule has 1 aliphatic heterocycles. The number of benzene rings is 3. The van der Waals surface area contributed by atoms with Crippen molar-refractivity contribution in [1.82, 2.24) is 10.2 Å². The van der Waals surface area contributed by atoms with Crippen LogP contribution in [-0.2, 0) is 36.8 Å². The van der Waals surface area contributed by atoms with Gasteiger partial charge in [-0.25, -0.2) is 0 Å². The summed E-state index contributed by atoms with van der Waals surface area (Å²) in [5.41, 5.74) is -0.462. The van der Waals surface area contributed by atoms with E-state index in [4.69, 9.17) is 4.74 Å². The van der Waals surface area contributed by atoms with E-state index in [0.29, 0.717) is 17.5 Å². The Morgan fingerprint density at radius 3 is 2.43 bits per heavy atom. The highest BCUT2D eigenvalue weighted by molar-refractivity contribution is 6.00. The molecule has 3 aromatic rings. The molecule has 0 fully saturated rings. The van der Waals surface area contributed by atoms with Crippen LogP contribution >= 0.6 is 0 Å². The van der Waals surface area contributed by atoms with Crippen molar-refractivity contribution in [2.45, 2.75) is 31.9 Å². The molecule has 9 heteroatoms. The molecule has 0 bridgehead atoms. The topological polar surface area (TPSA) is 130 Å². The number of Topliss-reactive ketones (excluding diaryl/α,β-unsaturated/α-hetero) is 1. The third-order valence-electron chi connectivity index (χ3n) is 6.28. The number of hydrogen-bond donors (Lipinski definition) is 2. The average Bonchev–Trinajstić information content (AvgIpc) is 2.85. The second-order valence-corrected chi connectivity index (χ2v) is 8.97. The Bertz CT molecular complexity index is 1400. The highest BCUT2D eigenvalue weighted by Crippen LogP contribution is 2.21. The van der Waals surface area contributed by atoms with Crippen molar-refractivity contribution in [2.24, 2.45) is 0 Å². The number of rotatable bonds is 9. The molecule has 0 aliphatic carbocycles. The Morgan fingerprint density at radius 2 is 1.70 bits per heavy atom. The van der Waals surface area contributed by atoms with Crippen molar-refractivity contribution >= 4 is 40.3 Å². The van der Waals surface area contributed by atoms with E-state index in [1.165, 1.54) is 4.90 Å². The molecule has 0 saturated carbocycles. The van der Waals surface area contributed by atoms with E-state index in [-0.39, 0.29) is 18.9 Å². The third kappa shape index (κ3) is 5.83. The summed E-state index contributed by atoms with van der Waals surface area (Å²) in [4.78, 5) is 64.0. The average molecular weight is 503 g/mol. The standard InChI is InChI=1S/C28H26N2O7/c1-18(31)28(16-25(33)34,37-26(35)15-19-10-11-20-6-2-3-8-22(20)14-19)29-24(32)17-30-13-12-21-7-4-5-9-23(21)27(30)36/h2-11,14H,12-13,15-17H2,1H3,(H,29,32)(H,33,34). The van der Waals surface area contributed by atoms with E-state index in [1.54, 1.807) is 24.3 Å². The van der Waals surface area contributed by atoms with Crippen LogP contribution in [0.25, 0.3) is 10.8 Å². The zero-order chi connectivity index (χ0) is 26.6. The van der Waals surface area contributed by atoms with Gasteiger partial charge in [-0.3, -0.25) is 24.0 Å². The molecule has 1 unspecified atom stereocenters. The monoisotopic (exact) mass is 502 g/mol. The molecule has 37 heavy (non-hydrogen) atoms. The minimum absolute atomic E-state index is 0.239. The van der Waals surface area contributed by atoms with Gasteiger partial charge >= 0.3 is 11.9 Å². The molecular weight excluding hydrogens is 476 g/mol. The van der Waals surface area contributed by atoms with Crippen molar-refractivity contribution in [1.29, 1.82) is 0 Å². The van der Waals surface area contributed by atoms with Gasteiger partial charge in [0.25, 0.3) is 11.6 Å². The highest BCUT2D eigenvalue weighted by atomic mass is 16.6. The fourth-order valence-corrected chi connectivity index (χ4v) is 4.41. The fourth-order valence-electron chi connectivity index (χ4n) is 4.41. The lowest BCUT2D eigenvalue weighted by atomic mass is 9.99. The summed E-state index contributed by atoms with van der Waals surface area (Å²) in [6.07, 6.45) is -0.659. The maximum Gasteiger partial charge on any atom is 0.312 e. The fraction of sp³-hybridized carbons (Fsp3) is 0.250. The highest BCUT2D eigenvalue weighted by Gasteiger charge is 2.44. The van der Waals surface area contributed by atoms with Gasteiger partial charge in [0.1, 0.15) is 6.42 Å². The largest absolute Gasteiger partial charge is 0.481 e. The van der Waals surface area contributed by atoms with Gasteiger partial charge in [-0.05, 0) is 34.4 Å². The molecule has 0 aromatic heterocycles. The molecule has 190 valence electrons. The molecule has 1 atom stereocenters. The molecule has 9 nitrogen and oxygen atoms in total. The summed E-state index contributed by atoms with van der Waals surface area (Å²) in [5, 5.41) is 13.6. The number of nitrogens with one attached hydrogen (secondary N) is 1. The number of carbonyl (C=O) groups is 5. The molecule has 4 rings (SSSR count). The summed E-state index contributed by atoms with van der Waals surface area (Å²) in [7, 11) is 0. The molecular formula is C28H26N2O7. The van der Waals surface area contributed by atoms with Crippen LogP contribution in [0.15, 0.2) is 66.7 Å². The molecule has 3 aromatic carbocycles. The number of amides is 2. The Hall–Kier alpha value is -4.53. The number of ketones is 1. The molecule has 0 saturated heterocycles.